The zero-order valence-corrected chi connectivity index (χ0v) is 11.7. The summed E-state index contributed by atoms with van der Waals surface area (Å²) < 4.78 is 39.2. The average Bonchev–Trinajstić information content (AvgIpc) is 2.38. The summed E-state index contributed by atoms with van der Waals surface area (Å²) in [7, 11) is -4.15. The largest absolute Gasteiger partial charge is 0.293 e. The van der Waals surface area contributed by atoms with Crippen molar-refractivity contribution in [1.82, 2.24) is 4.98 Å². The lowest BCUT2D eigenvalue weighted by Gasteiger charge is -2.08. The average molecular weight is 332 g/mol. The highest BCUT2D eigenvalue weighted by Crippen LogP contribution is 2.27. The summed E-state index contributed by atoms with van der Waals surface area (Å²) in [5.41, 5.74) is -1.04. The molecule has 0 saturated heterocycles. The molecule has 0 unspecified atom stereocenters. The van der Waals surface area contributed by atoms with Crippen molar-refractivity contribution in [1.29, 1.82) is 0 Å². The van der Waals surface area contributed by atoms with Gasteiger partial charge in [-0.25, -0.2) is 17.8 Å². The van der Waals surface area contributed by atoms with E-state index in [1.807, 2.05) is 4.72 Å². The normalized spacial score (nSPS) is 11.1. The highest BCUT2D eigenvalue weighted by molar-refractivity contribution is 7.92. The van der Waals surface area contributed by atoms with Crippen LogP contribution in [0.2, 0.25) is 5.15 Å². The minimum Gasteiger partial charge on any atom is -0.273 e. The predicted octanol–water partition coefficient (Wildman–Crippen LogP) is 2.58. The molecule has 2 aromatic rings. The molecular formula is C11H7ClFN3O4S. The van der Waals surface area contributed by atoms with Gasteiger partial charge in [0.25, 0.3) is 15.7 Å². The topological polar surface area (TPSA) is 102 Å². The van der Waals surface area contributed by atoms with Gasteiger partial charge in [0, 0.05) is 18.3 Å². The summed E-state index contributed by atoms with van der Waals surface area (Å²) in [5.74, 6) is -0.812. The molecule has 0 atom stereocenters. The molecule has 21 heavy (non-hydrogen) atoms. The standard InChI is InChI=1S/C11H7ClFN3O4S/c12-11-4-2-8(6-14-11)21(19,20)15-9-5-7(13)1-3-10(9)16(17)18/h1-6,15H. The first-order chi connectivity index (χ1) is 9.79. The van der Waals surface area contributed by atoms with Crippen molar-refractivity contribution in [3.05, 3.63) is 57.6 Å². The third-order valence-electron chi connectivity index (χ3n) is 2.41. The van der Waals surface area contributed by atoms with Crippen molar-refractivity contribution in [3.8, 4) is 0 Å². The van der Waals surface area contributed by atoms with E-state index in [9.17, 15) is 22.9 Å². The van der Waals surface area contributed by atoms with E-state index in [4.69, 9.17) is 11.6 Å². The number of benzene rings is 1. The maximum atomic E-state index is 13.2. The van der Waals surface area contributed by atoms with Crippen LogP contribution in [0.4, 0.5) is 15.8 Å². The second-order valence-corrected chi connectivity index (χ2v) is 5.91. The van der Waals surface area contributed by atoms with Gasteiger partial charge < -0.3 is 0 Å². The third kappa shape index (κ3) is 3.44. The molecule has 0 spiro atoms. The third-order valence-corrected chi connectivity index (χ3v) is 3.98. The fraction of sp³-hybridized carbons (Fsp3) is 0. The molecule has 2 rings (SSSR count). The number of nitrogens with one attached hydrogen (secondary N) is 1. The number of hydrogen-bond acceptors (Lipinski definition) is 5. The number of nitro benzene ring substituents is 1. The Hall–Kier alpha value is -2.26. The number of sulfonamides is 1. The lowest BCUT2D eigenvalue weighted by atomic mass is 10.3. The van der Waals surface area contributed by atoms with Crippen molar-refractivity contribution in [2.24, 2.45) is 0 Å². The van der Waals surface area contributed by atoms with Crippen LogP contribution in [-0.2, 0) is 10.0 Å². The molecule has 0 fully saturated rings. The molecule has 1 N–H and O–H groups in total. The van der Waals surface area contributed by atoms with E-state index in [0.29, 0.717) is 0 Å². The first-order valence-corrected chi connectivity index (χ1v) is 7.24. The van der Waals surface area contributed by atoms with Crippen LogP contribution in [0.25, 0.3) is 0 Å². The van der Waals surface area contributed by atoms with Gasteiger partial charge in [-0.05, 0) is 18.2 Å². The zero-order valence-electron chi connectivity index (χ0n) is 10.2. The first-order valence-electron chi connectivity index (χ1n) is 5.38. The fourth-order valence-electron chi connectivity index (χ4n) is 1.47. The van der Waals surface area contributed by atoms with Crippen LogP contribution in [-0.4, -0.2) is 18.3 Å². The number of nitro groups is 1. The van der Waals surface area contributed by atoms with Crippen LogP contribution in [0, 0.1) is 15.9 Å². The van der Waals surface area contributed by atoms with Gasteiger partial charge in [0.05, 0.1) is 4.92 Å². The lowest BCUT2D eigenvalue weighted by Crippen LogP contribution is -2.14. The predicted molar refractivity (Wildman–Crippen MR) is 73.1 cm³/mol. The van der Waals surface area contributed by atoms with E-state index in [-0.39, 0.29) is 10.0 Å². The van der Waals surface area contributed by atoms with Gasteiger partial charge in [-0.1, -0.05) is 11.6 Å². The number of aromatic nitrogens is 1. The van der Waals surface area contributed by atoms with Gasteiger partial charge in [0.15, 0.2) is 0 Å². The number of pyridine rings is 1. The van der Waals surface area contributed by atoms with Gasteiger partial charge >= 0.3 is 0 Å². The monoisotopic (exact) mass is 331 g/mol. The summed E-state index contributed by atoms with van der Waals surface area (Å²) in [6.07, 6.45) is 0.982. The Morgan fingerprint density at radius 2 is 2.00 bits per heavy atom. The highest BCUT2D eigenvalue weighted by atomic mass is 35.5. The molecule has 0 bridgehead atoms. The van der Waals surface area contributed by atoms with Gasteiger partial charge in [-0.3, -0.25) is 14.8 Å². The zero-order chi connectivity index (χ0) is 15.6. The van der Waals surface area contributed by atoms with E-state index < -0.39 is 32.1 Å². The molecule has 110 valence electrons. The van der Waals surface area contributed by atoms with Crippen molar-refractivity contribution in [2.45, 2.75) is 4.90 Å². The summed E-state index contributed by atoms with van der Waals surface area (Å²) in [4.78, 5) is 13.3. The Balaban J connectivity index is 2.43. The summed E-state index contributed by atoms with van der Waals surface area (Å²) in [6.45, 7) is 0. The molecule has 0 aliphatic heterocycles. The molecule has 1 aromatic carbocycles. The van der Waals surface area contributed by atoms with Crippen LogP contribution >= 0.6 is 11.6 Å². The second kappa shape index (κ2) is 5.62. The number of nitrogens with zero attached hydrogens (tertiary/aromatic N) is 2. The molecule has 0 radical (unpaired) electrons. The Morgan fingerprint density at radius 1 is 1.29 bits per heavy atom. The Morgan fingerprint density at radius 3 is 2.57 bits per heavy atom. The Bertz CT molecular complexity index is 796. The van der Waals surface area contributed by atoms with E-state index in [1.54, 1.807) is 0 Å². The summed E-state index contributed by atoms with van der Waals surface area (Å²) in [5, 5.41) is 10.9. The van der Waals surface area contributed by atoms with Gasteiger partial charge in [0.2, 0.25) is 0 Å². The number of rotatable bonds is 4. The lowest BCUT2D eigenvalue weighted by molar-refractivity contribution is -0.383. The molecule has 1 heterocycles. The van der Waals surface area contributed by atoms with Gasteiger partial charge in [-0.2, -0.15) is 0 Å². The minimum absolute atomic E-state index is 0.0886. The van der Waals surface area contributed by atoms with E-state index in [2.05, 4.69) is 4.98 Å². The quantitative estimate of drug-likeness (QED) is 0.527. The summed E-state index contributed by atoms with van der Waals surface area (Å²) >= 11 is 5.54. The van der Waals surface area contributed by atoms with E-state index >= 15 is 0 Å². The Kier molecular flexibility index (Phi) is 4.05. The first kappa shape index (κ1) is 15.1. The Labute approximate surface area is 123 Å². The second-order valence-electron chi connectivity index (χ2n) is 3.84. The highest BCUT2D eigenvalue weighted by Gasteiger charge is 2.21. The molecule has 0 amide bonds. The van der Waals surface area contributed by atoms with E-state index in [0.717, 1.165) is 24.4 Å². The number of anilines is 1. The SMILES string of the molecule is O=[N+]([O-])c1ccc(F)cc1NS(=O)(=O)c1ccc(Cl)nc1. The molecule has 0 saturated carbocycles. The maximum Gasteiger partial charge on any atom is 0.293 e. The molecule has 10 heteroatoms. The van der Waals surface area contributed by atoms with Gasteiger partial charge in [-0.15, -0.1) is 0 Å². The van der Waals surface area contributed by atoms with Crippen LogP contribution in [0.1, 0.15) is 0 Å². The number of halogens is 2. The fourth-order valence-corrected chi connectivity index (χ4v) is 2.60. The van der Waals surface area contributed by atoms with Crippen molar-refractivity contribution in [3.63, 3.8) is 0 Å². The summed E-state index contributed by atoms with van der Waals surface area (Å²) in [6, 6.07) is 4.87. The molecule has 0 aliphatic carbocycles. The van der Waals surface area contributed by atoms with Crippen LogP contribution in [0.3, 0.4) is 0 Å². The van der Waals surface area contributed by atoms with Crippen LogP contribution in [0.5, 0.6) is 0 Å². The minimum atomic E-state index is -4.15. The van der Waals surface area contributed by atoms with Crippen molar-refractivity contribution < 1.29 is 17.7 Å². The van der Waals surface area contributed by atoms with E-state index in [1.165, 1.54) is 12.1 Å². The van der Waals surface area contributed by atoms with Crippen molar-refractivity contribution in [2.75, 3.05) is 4.72 Å². The molecular weight excluding hydrogens is 325 g/mol. The molecule has 1 aromatic heterocycles. The molecule has 0 aliphatic rings. The van der Waals surface area contributed by atoms with Gasteiger partial charge in [0.1, 0.15) is 21.6 Å². The maximum absolute atomic E-state index is 13.2. The van der Waals surface area contributed by atoms with Crippen molar-refractivity contribution >= 4 is 33.0 Å². The van der Waals surface area contributed by atoms with Crippen LogP contribution in [0.15, 0.2) is 41.4 Å². The molecule has 7 nitrogen and oxygen atoms in total. The number of hydrogen-bond donors (Lipinski definition) is 1. The van der Waals surface area contributed by atoms with Crippen LogP contribution < -0.4 is 4.72 Å². The smallest absolute Gasteiger partial charge is 0.273 e.